The van der Waals surface area contributed by atoms with E-state index in [1.807, 2.05) is 12.1 Å². The van der Waals surface area contributed by atoms with E-state index in [0.29, 0.717) is 35.7 Å². The Morgan fingerprint density at radius 3 is 2.76 bits per heavy atom. The zero-order chi connectivity index (χ0) is 15.2. The summed E-state index contributed by atoms with van der Waals surface area (Å²) in [4.78, 5) is 12.0. The van der Waals surface area contributed by atoms with Crippen molar-refractivity contribution in [3.8, 4) is 11.5 Å². The number of carbonyl (C=O) groups is 1. The minimum atomic E-state index is -0.243. The SMILES string of the molecule is Cc1c(O)cccc1C(=O)NCCOc1ccccc1N. The molecule has 0 radical (unpaired) electrons. The van der Waals surface area contributed by atoms with Gasteiger partial charge < -0.3 is 20.9 Å². The van der Waals surface area contributed by atoms with Gasteiger partial charge in [0.2, 0.25) is 0 Å². The molecular formula is C16H18N2O3. The zero-order valence-electron chi connectivity index (χ0n) is 11.8. The normalized spacial score (nSPS) is 10.1. The lowest BCUT2D eigenvalue weighted by Gasteiger charge is -2.11. The second-order valence-corrected chi connectivity index (χ2v) is 4.59. The summed E-state index contributed by atoms with van der Waals surface area (Å²) in [6.45, 7) is 2.37. The minimum absolute atomic E-state index is 0.107. The molecule has 2 aromatic carbocycles. The summed E-state index contributed by atoms with van der Waals surface area (Å²) < 4.78 is 5.49. The predicted octanol–water partition coefficient (Wildman–Crippen LogP) is 2.09. The van der Waals surface area contributed by atoms with Gasteiger partial charge in [-0.3, -0.25) is 4.79 Å². The second-order valence-electron chi connectivity index (χ2n) is 4.59. The molecule has 0 aliphatic carbocycles. The van der Waals surface area contributed by atoms with Gasteiger partial charge in [0.15, 0.2) is 0 Å². The number of phenols is 1. The van der Waals surface area contributed by atoms with Crippen molar-refractivity contribution >= 4 is 11.6 Å². The lowest BCUT2D eigenvalue weighted by Crippen LogP contribution is -2.28. The van der Waals surface area contributed by atoms with E-state index in [2.05, 4.69) is 5.32 Å². The molecule has 0 aliphatic rings. The van der Waals surface area contributed by atoms with Crippen molar-refractivity contribution in [1.29, 1.82) is 0 Å². The number of nitrogens with one attached hydrogen (secondary N) is 1. The average molecular weight is 286 g/mol. The van der Waals surface area contributed by atoms with Gasteiger partial charge in [0, 0.05) is 11.1 Å². The summed E-state index contributed by atoms with van der Waals surface area (Å²) in [6, 6.07) is 12.0. The van der Waals surface area contributed by atoms with Gasteiger partial charge in [-0.15, -0.1) is 0 Å². The lowest BCUT2D eigenvalue weighted by atomic mass is 10.1. The van der Waals surface area contributed by atoms with Crippen molar-refractivity contribution in [2.75, 3.05) is 18.9 Å². The van der Waals surface area contributed by atoms with Crippen LogP contribution in [0.4, 0.5) is 5.69 Å². The molecule has 0 aromatic heterocycles. The number of anilines is 1. The van der Waals surface area contributed by atoms with Crippen LogP contribution in [-0.2, 0) is 0 Å². The lowest BCUT2D eigenvalue weighted by molar-refractivity contribution is 0.0946. The molecule has 0 heterocycles. The Morgan fingerprint density at radius 1 is 1.24 bits per heavy atom. The molecule has 0 unspecified atom stereocenters. The fraction of sp³-hybridized carbons (Fsp3) is 0.188. The number of hydrogen-bond donors (Lipinski definition) is 3. The maximum atomic E-state index is 12.0. The molecule has 0 saturated carbocycles. The predicted molar refractivity (Wildman–Crippen MR) is 81.5 cm³/mol. The van der Waals surface area contributed by atoms with Crippen molar-refractivity contribution in [3.63, 3.8) is 0 Å². The Hall–Kier alpha value is -2.69. The Morgan fingerprint density at radius 2 is 2.00 bits per heavy atom. The number of benzene rings is 2. The number of carbonyl (C=O) groups excluding carboxylic acids is 1. The van der Waals surface area contributed by atoms with Gasteiger partial charge in [-0.25, -0.2) is 0 Å². The first-order chi connectivity index (χ1) is 10.1. The van der Waals surface area contributed by atoms with Crippen molar-refractivity contribution in [2.24, 2.45) is 0 Å². The number of para-hydroxylation sites is 2. The number of nitrogens with two attached hydrogens (primary N) is 1. The van der Waals surface area contributed by atoms with Gasteiger partial charge in [-0.05, 0) is 31.2 Å². The van der Waals surface area contributed by atoms with Gasteiger partial charge in [0.05, 0.1) is 12.2 Å². The first-order valence-corrected chi connectivity index (χ1v) is 6.63. The van der Waals surface area contributed by atoms with E-state index in [0.717, 1.165) is 0 Å². The molecule has 0 fully saturated rings. The molecule has 21 heavy (non-hydrogen) atoms. The van der Waals surface area contributed by atoms with Crippen LogP contribution >= 0.6 is 0 Å². The summed E-state index contributed by atoms with van der Waals surface area (Å²) in [5.41, 5.74) is 7.32. The summed E-state index contributed by atoms with van der Waals surface area (Å²) in [5, 5.41) is 12.3. The van der Waals surface area contributed by atoms with Crippen LogP contribution in [0.2, 0.25) is 0 Å². The smallest absolute Gasteiger partial charge is 0.251 e. The molecule has 0 bridgehead atoms. The van der Waals surface area contributed by atoms with Gasteiger partial charge in [-0.2, -0.15) is 0 Å². The molecule has 0 saturated heterocycles. The van der Waals surface area contributed by atoms with Crippen molar-refractivity contribution in [3.05, 3.63) is 53.6 Å². The summed E-state index contributed by atoms with van der Waals surface area (Å²) >= 11 is 0. The van der Waals surface area contributed by atoms with Crippen LogP contribution in [0.1, 0.15) is 15.9 Å². The largest absolute Gasteiger partial charge is 0.508 e. The first-order valence-electron chi connectivity index (χ1n) is 6.63. The number of amides is 1. The Bertz CT molecular complexity index is 641. The summed E-state index contributed by atoms with van der Waals surface area (Å²) in [6.07, 6.45) is 0. The molecule has 4 N–H and O–H groups in total. The quantitative estimate of drug-likeness (QED) is 0.580. The molecule has 1 amide bonds. The van der Waals surface area contributed by atoms with Gasteiger partial charge in [-0.1, -0.05) is 18.2 Å². The van der Waals surface area contributed by atoms with E-state index >= 15 is 0 Å². The van der Waals surface area contributed by atoms with Crippen LogP contribution in [0.5, 0.6) is 11.5 Å². The highest BCUT2D eigenvalue weighted by atomic mass is 16.5. The van der Waals surface area contributed by atoms with Crippen LogP contribution in [0, 0.1) is 6.92 Å². The summed E-state index contributed by atoms with van der Waals surface area (Å²) in [7, 11) is 0. The Balaban J connectivity index is 1.85. The molecule has 2 aromatic rings. The topological polar surface area (TPSA) is 84.6 Å². The maximum Gasteiger partial charge on any atom is 0.251 e. The minimum Gasteiger partial charge on any atom is -0.508 e. The monoisotopic (exact) mass is 286 g/mol. The molecule has 0 atom stereocenters. The number of phenolic OH excluding ortho intramolecular Hbond substituents is 1. The molecule has 0 spiro atoms. The second kappa shape index (κ2) is 6.65. The van der Waals surface area contributed by atoms with Gasteiger partial charge >= 0.3 is 0 Å². The van der Waals surface area contributed by atoms with Crippen molar-refractivity contribution in [1.82, 2.24) is 5.32 Å². The Labute approximate surface area is 123 Å². The van der Waals surface area contributed by atoms with Crippen molar-refractivity contribution in [2.45, 2.75) is 6.92 Å². The number of ether oxygens (including phenoxy) is 1. The average Bonchev–Trinajstić information content (AvgIpc) is 2.48. The highest BCUT2D eigenvalue weighted by Crippen LogP contribution is 2.20. The highest BCUT2D eigenvalue weighted by Gasteiger charge is 2.10. The van der Waals surface area contributed by atoms with E-state index in [4.69, 9.17) is 10.5 Å². The third-order valence-electron chi connectivity index (χ3n) is 3.11. The summed E-state index contributed by atoms with van der Waals surface area (Å²) in [5.74, 6) is 0.462. The van der Waals surface area contributed by atoms with Crippen LogP contribution < -0.4 is 15.8 Å². The van der Waals surface area contributed by atoms with Crippen LogP contribution in [0.25, 0.3) is 0 Å². The van der Waals surface area contributed by atoms with Gasteiger partial charge in [0.25, 0.3) is 5.91 Å². The van der Waals surface area contributed by atoms with E-state index in [1.54, 1.807) is 37.3 Å². The maximum absolute atomic E-state index is 12.0. The third-order valence-corrected chi connectivity index (χ3v) is 3.11. The molecule has 2 rings (SSSR count). The van der Waals surface area contributed by atoms with E-state index < -0.39 is 0 Å². The zero-order valence-corrected chi connectivity index (χ0v) is 11.8. The fourth-order valence-corrected chi connectivity index (χ4v) is 1.90. The molecule has 0 aliphatic heterocycles. The van der Waals surface area contributed by atoms with Crippen molar-refractivity contribution < 1.29 is 14.6 Å². The molecule has 5 nitrogen and oxygen atoms in total. The highest BCUT2D eigenvalue weighted by molar-refractivity contribution is 5.96. The Kier molecular flexibility index (Phi) is 4.66. The van der Waals surface area contributed by atoms with E-state index in [9.17, 15) is 9.90 Å². The van der Waals surface area contributed by atoms with Crippen LogP contribution in [0.3, 0.4) is 0 Å². The first kappa shape index (κ1) is 14.7. The molecular weight excluding hydrogens is 268 g/mol. The van der Waals surface area contributed by atoms with Crippen LogP contribution in [-0.4, -0.2) is 24.2 Å². The third kappa shape index (κ3) is 3.66. The molecule has 5 heteroatoms. The number of rotatable bonds is 5. The fourth-order valence-electron chi connectivity index (χ4n) is 1.90. The number of aromatic hydroxyl groups is 1. The number of hydrogen-bond acceptors (Lipinski definition) is 4. The van der Waals surface area contributed by atoms with Crippen LogP contribution in [0.15, 0.2) is 42.5 Å². The van der Waals surface area contributed by atoms with E-state index in [1.165, 1.54) is 0 Å². The van der Waals surface area contributed by atoms with E-state index in [-0.39, 0.29) is 11.7 Å². The standard InChI is InChI=1S/C16H18N2O3/c1-11-12(5-4-7-14(11)19)16(20)18-9-10-21-15-8-3-2-6-13(15)17/h2-8,19H,9-10,17H2,1H3,(H,18,20). The number of nitrogen functional groups attached to an aromatic ring is 1. The van der Waals surface area contributed by atoms with Gasteiger partial charge in [0.1, 0.15) is 18.1 Å². The molecule has 110 valence electrons.